The minimum absolute atomic E-state index is 0.353. The van der Waals surface area contributed by atoms with Crippen LogP contribution in [0.5, 0.6) is 0 Å². The first-order chi connectivity index (χ1) is 11.6. The number of carbonyl (C=O) groups is 1. The van der Waals surface area contributed by atoms with Crippen LogP contribution in [0.4, 0.5) is 0 Å². The zero-order valence-electron chi connectivity index (χ0n) is 13.9. The third-order valence-electron chi connectivity index (χ3n) is 5.38. The SMILES string of the molecule is CCOC(=O)c1oc2ccc(Br)cc2c1C[N+]12CCN(CC1)CC2. The number of halogens is 1. The molecule has 24 heavy (non-hydrogen) atoms. The average Bonchev–Trinajstić information content (AvgIpc) is 2.94. The summed E-state index contributed by atoms with van der Waals surface area (Å²) in [6, 6.07) is 5.91. The lowest BCUT2D eigenvalue weighted by Crippen LogP contribution is -2.66. The van der Waals surface area contributed by atoms with E-state index in [1.807, 2.05) is 19.1 Å². The molecule has 0 atom stereocenters. The van der Waals surface area contributed by atoms with Crippen molar-refractivity contribution in [3.63, 3.8) is 0 Å². The third kappa shape index (κ3) is 2.76. The number of furan rings is 1. The highest BCUT2D eigenvalue weighted by molar-refractivity contribution is 9.10. The van der Waals surface area contributed by atoms with E-state index in [4.69, 9.17) is 9.15 Å². The molecule has 1 aromatic heterocycles. The van der Waals surface area contributed by atoms with Crippen LogP contribution in [0.15, 0.2) is 27.1 Å². The summed E-state index contributed by atoms with van der Waals surface area (Å²) in [4.78, 5) is 14.9. The Hall–Kier alpha value is -1.37. The van der Waals surface area contributed by atoms with Gasteiger partial charge in [0.15, 0.2) is 0 Å². The number of nitrogens with zero attached hydrogens (tertiary/aromatic N) is 2. The van der Waals surface area contributed by atoms with Crippen LogP contribution in [-0.2, 0) is 11.3 Å². The number of carbonyl (C=O) groups excluding carboxylic acids is 1. The predicted octanol–water partition coefficient (Wildman–Crippen LogP) is 3.02. The quantitative estimate of drug-likeness (QED) is 0.591. The van der Waals surface area contributed by atoms with E-state index in [-0.39, 0.29) is 5.97 Å². The Bertz CT molecular complexity index is 764. The number of ether oxygens (including phenoxy) is 1. The van der Waals surface area contributed by atoms with E-state index in [2.05, 4.69) is 26.9 Å². The number of rotatable bonds is 4. The van der Waals surface area contributed by atoms with Crippen LogP contribution in [0, 0.1) is 0 Å². The largest absolute Gasteiger partial charge is 0.460 e. The summed E-state index contributed by atoms with van der Waals surface area (Å²) in [5, 5.41) is 1.02. The van der Waals surface area contributed by atoms with Gasteiger partial charge in [-0.05, 0) is 25.1 Å². The van der Waals surface area contributed by atoms with Crippen molar-refractivity contribution >= 4 is 32.9 Å². The standard InChI is InChI=1S/C18H22BrN2O3/c1-2-23-18(22)17-15(14-11-13(19)3-4-16(14)24-17)12-21-8-5-20(6-9-21)7-10-21/h3-4,11H,2,5-10,12H2,1H3/q+1. The van der Waals surface area contributed by atoms with Gasteiger partial charge in [-0.3, -0.25) is 4.90 Å². The highest BCUT2D eigenvalue weighted by Gasteiger charge is 2.40. The van der Waals surface area contributed by atoms with Crippen molar-refractivity contribution in [1.82, 2.24) is 4.90 Å². The summed E-state index contributed by atoms with van der Waals surface area (Å²) in [7, 11) is 0. The van der Waals surface area contributed by atoms with Gasteiger partial charge in [0, 0.05) is 29.5 Å². The van der Waals surface area contributed by atoms with Crippen LogP contribution in [0.2, 0.25) is 0 Å². The Balaban J connectivity index is 1.77. The number of benzene rings is 1. The zero-order chi connectivity index (χ0) is 16.7. The number of hydrogen-bond donors (Lipinski definition) is 0. The molecule has 0 amide bonds. The van der Waals surface area contributed by atoms with Crippen LogP contribution in [0.1, 0.15) is 23.0 Å². The van der Waals surface area contributed by atoms with Gasteiger partial charge < -0.3 is 13.6 Å². The molecule has 1 aromatic carbocycles. The first kappa shape index (κ1) is 16.1. The summed E-state index contributed by atoms with van der Waals surface area (Å²) in [5.41, 5.74) is 1.75. The molecule has 0 saturated carbocycles. The molecule has 5 rings (SSSR count). The second-order valence-corrected chi connectivity index (χ2v) is 7.70. The zero-order valence-corrected chi connectivity index (χ0v) is 15.5. The molecule has 4 heterocycles. The highest BCUT2D eigenvalue weighted by atomic mass is 79.9. The van der Waals surface area contributed by atoms with E-state index < -0.39 is 0 Å². The number of quaternary nitrogens is 1. The van der Waals surface area contributed by atoms with Gasteiger partial charge in [0.2, 0.25) is 5.76 Å². The fourth-order valence-electron chi connectivity index (χ4n) is 3.94. The van der Waals surface area contributed by atoms with Crippen molar-refractivity contribution in [3.8, 4) is 0 Å². The van der Waals surface area contributed by atoms with E-state index in [0.717, 1.165) is 71.3 Å². The smallest absolute Gasteiger partial charge is 0.374 e. The third-order valence-corrected chi connectivity index (χ3v) is 5.87. The van der Waals surface area contributed by atoms with Crippen LogP contribution >= 0.6 is 15.9 Å². The molecule has 5 nitrogen and oxygen atoms in total. The molecule has 3 aliphatic rings. The Kier molecular flexibility index (Phi) is 4.14. The molecule has 3 saturated heterocycles. The van der Waals surface area contributed by atoms with Crippen molar-refractivity contribution in [2.24, 2.45) is 0 Å². The Morgan fingerprint density at radius 3 is 2.67 bits per heavy atom. The lowest BCUT2D eigenvalue weighted by molar-refractivity contribution is -0.953. The molecule has 0 unspecified atom stereocenters. The lowest BCUT2D eigenvalue weighted by Gasteiger charge is -2.50. The highest BCUT2D eigenvalue weighted by Crippen LogP contribution is 2.33. The molecule has 0 N–H and O–H groups in total. The molecule has 0 aliphatic carbocycles. The summed E-state index contributed by atoms with van der Waals surface area (Å²) in [5.74, 6) is 0.0270. The second-order valence-electron chi connectivity index (χ2n) is 6.78. The number of hydrogen-bond acceptors (Lipinski definition) is 4. The Morgan fingerprint density at radius 1 is 1.29 bits per heavy atom. The van der Waals surface area contributed by atoms with Crippen molar-refractivity contribution in [3.05, 3.63) is 34.0 Å². The maximum atomic E-state index is 12.4. The monoisotopic (exact) mass is 393 g/mol. The van der Waals surface area contributed by atoms with Gasteiger partial charge in [0.25, 0.3) is 0 Å². The van der Waals surface area contributed by atoms with Crippen LogP contribution < -0.4 is 0 Å². The first-order valence-corrected chi connectivity index (χ1v) is 9.35. The van der Waals surface area contributed by atoms with Crippen molar-refractivity contribution in [1.29, 1.82) is 0 Å². The molecule has 3 aliphatic heterocycles. The molecule has 2 aromatic rings. The number of fused-ring (bicyclic) bond motifs is 4. The van der Waals surface area contributed by atoms with Gasteiger partial charge in [0.1, 0.15) is 12.1 Å². The molecular formula is C18H22BrN2O3+. The van der Waals surface area contributed by atoms with Gasteiger partial charge in [0.05, 0.1) is 31.8 Å². The summed E-state index contributed by atoms with van der Waals surface area (Å²) >= 11 is 3.54. The molecule has 3 fully saturated rings. The maximum absolute atomic E-state index is 12.4. The van der Waals surface area contributed by atoms with Gasteiger partial charge >= 0.3 is 5.97 Å². The van der Waals surface area contributed by atoms with Crippen molar-refractivity contribution in [2.75, 3.05) is 45.9 Å². The molecule has 6 heteroatoms. The summed E-state index contributed by atoms with van der Waals surface area (Å²) in [6.45, 7) is 9.88. The Labute approximate surface area is 149 Å². The van der Waals surface area contributed by atoms with Gasteiger partial charge in [-0.1, -0.05) is 15.9 Å². The van der Waals surface area contributed by atoms with E-state index in [9.17, 15) is 4.79 Å². The predicted molar refractivity (Wildman–Crippen MR) is 94.9 cm³/mol. The fraction of sp³-hybridized carbons (Fsp3) is 0.500. The summed E-state index contributed by atoms with van der Waals surface area (Å²) < 4.78 is 13.2. The van der Waals surface area contributed by atoms with Crippen LogP contribution in [0.25, 0.3) is 11.0 Å². The van der Waals surface area contributed by atoms with E-state index >= 15 is 0 Å². The maximum Gasteiger partial charge on any atom is 0.374 e. The van der Waals surface area contributed by atoms with Gasteiger partial charge in [-0.2, -0.15) is 0 Å². The fourth-order valence-corrected chi connectivity index (χ4v) is 4.30. The molecule has 0 spiro atoms. The van der Waals surface area contributed by atoms with Crippen molar-refractivity contribution in [2.45, 2.75) is 13.5 Å². The number of esters is 1. The van der Waals surface area contributed by atoms with Crippen LogP contribution in [-0.4, -0.2) is 61.2 Å². The molecule has 128 valence electrons. The van der Waals surface area contributed by atoms with E-state index in [1.165, 1.54) is 0 Å². The van der Waals surface area contributed by atoms with E-state index in [1.54, 1.807) is 0 Å². The number of piperazine rings is 3. The van der Waals surface area contributed by atoms with Crippen molar-refractivity contribution < 1.29 is 18.4 Å². The molecule has 2 bridgehead atoms. The Morgan fingerprint density at radius 2 is 2.00 bits per heavy atom. The van der Waals surface area contributed by atoms with E-state index in [0.29, 0.717) is 12.4 Å². The lowest BCUT2D eigenvalue weighted by atomic mass is 10.0. The van der Waals surface area contributed by atoms with Gasteiger partial charge in [-0.25, -0.2) is 4.79 Å². The second kappa shape index (κ2) is 6.17. The van der Waals surface area contributed by atoms with Gasteiger partial charge in [-0.15, -0.1) is 0 Å². The summed E-state index contributed by atoms with van der Waals surface area (Å²) in [6.07, 6.45) is 0. The van der Waals surface area contributed by atoms with Crippen LogP contribution in [0.3, 0.4) is 0 Å². The minimum Gasteiger partial charge on any atom is -0.460 e. The molecular weight excluding hydrogens is 372 g/mol. The average molecular weight is 394 g/mol. The normalized spacial score (nSPS) is 26.0. The topological polar surface area (TPSA) is 42.7 Å². The minimum atomic E-state index is -0.353. The first-order valence-electron chi connectivity index (χ1n) is 8.56. The molecule has 0 radical (unpaired) electrons.